The van der Waals surface area contributed by atoms with Gasteiger partial charge in [-0.25, -0.2) is 4.58 Å². The molecule has 1 aliphatic carbocycles. The van der Waals surface area contributed by atoms with E-state index in [9.17, 15) is 27.7 Å². The summed E-state index contributed by atoms with van der Waals surface area (Å²) in [7, 11) is -2.54. The van der Waals surface area contributed by atoms with Gasteiger partial charge in [0.1, 0.15) is 13.1 Å². The lowest BCUT2D eigenvalue weighted by Gasteiger charge is -2.47. The van der Waals surface area contributed by atoms with E-state index in [4.69, 9.17) is 0 Å². The number of amides is 1. The molecule has 8 rings (SSSR count). The molecule has 0 bridgehead atoms. The summed E-state index contributed by atoms with van der Waals surface area (Å²) in [4.78, 5) is 29.6. The van der Waals surface area contributed by atoms with Gasteiger partial charge in [-0.05, 0) is 127 Å². The van der Waals surface area contributed by atoms with Crippen molar-refractivity contribution in [3.8, 4) is 0 Å². The number of aliphatic carboxylic acids is 1. The second-order valence-corrected chi connectivity index (χ2v) is 18.7. The molecule has 0 radical (unpaired) electrons. The van der Waals surface area contributed by atoms with Crippen LogP contribution in [-0.4, -0.2) is 67.1 Å². The number of carboxylic acid groups (broad SMARTS) is 1. The molecule has 10 heteroatoms. The lowest BCUT2D eigenvalue weighted by Crippen LogP contribution is -2.49. The molecule has 56 heavy (non-hydrogen) atoms. The number of carbonyl (C=O) groups is 2. The van der Waals surface area contributed by atoms with Gasteiger partial charge in [-0.2, -0.15) is 8.42 Å². The number of benzene rings is 4. The van der Waals surface area contributed by atoms with Crippen molar-refractivity contribution in [3.63, 3.8) is 0 Å². The van der Waals surface area contributed by atoms with E-state index in [1.165, 1.54) is 50.5 Å². The van der Waals surface area contributed by atoms with Crippen molar-refractivity contribution in [3.05, 3.63) is 127 Å². The SMILES string of the molecule is CN(CCCC(=O)O)C(=O)c1ccccc1C1=c2cc3c4c(c2C(C)(C)c2cc5c(cc21)CCC(C)(C)N5Cc1ccc(S(=O)(=O)O)cc1)CCC[N+]=4CCC3. The Kier molecular flexibility index (Phi) is 9.52. The fraction of sp³-hybridized carbons (Fsp3) is 0.413. The number of carbonyl (C=O) groups excluding carboxylic acids is 1. The van der Waals surface area contributed by atoms with Gasteiger partial charge < -0.3 is 14.9 Å². The zero-order valence-electron chi connectivity index (χ0n) is 33.1. The molecule has 3 aliphatic heterocycles. The Bertz CT molecular complexity index is 2530. The summed E-state index contributed by atoms with van der Waals surface area (Å²) >= 11 is 0. The largest absolute Gasteiger partial charge is 0.481 e. The first-order valence-electron chi connectivity index (χ1n) is 20.0. The van der Waals surface area contributed by atoms with E-state index < -0.39 is 16.1 Å². The van der Waals surface area contributed by atoms with Gasteiger partial charge in [-0.15, -0.1) is 0 Å². The van der Waals surface area contributed by atoms with Crippen LogP contribution >= 0.6 is 0 Å². The highest BCUT2D eigenvalue weighted by Gasteiger charge is 2.42. The quantitative estimate of drug-likeness (QED) is 0.161. The maximum absolute atomic E-state index is 14.3. The minimum absolute atomic E-state index is 0.00614. The fourth-order valence-electron chi connectivity index (χ4n) is 9.96. The number of anilines is 1. The number of hydrogen-bond donors (Lipinski definition) is 2. The van der Waals surface area contributed by atoms with Crippen LogP contribution in [0.25, 0.3) is 5.57 Å². The maximum Gasteiger partial charge on any atom is 0.303 e. The van der Waals surface area contributed by atoms with E-state index in [-0.39, 0.29) is 28.2 Å². The molecule has 0 saturated carbocycles. The molecule has 4 aromatic rings. The molecule has 9 nitrogen and oxygen atoms in total. The predicted octanol–water partition coefficient (Wildman–Crippen LogP) is 5.87. The van der Waals surface area contributed by atoms with Gasteiger partial charge in [0.25, 0.3) is 16.0 Å². The van der Waals surface area contributed by atoms with Crippen molar-refractivity contribution < 1.29 is 27.7 Å². The van der Waals surface area contributed by atoms with Gasteiger partial charge in [0, 0.05) is 72.7 Å². The Morgan fingerprint density at radius 1 is 0.893 bits per heavy atom. The number of carboxylic acids is 1. The molecular formula is C46H52N3O6S+. The number of nitrogens with zero attached hydrogens (tertiary/aromatic N) is 3. The zero-order valence-corrected chi connectivity index (χ0v) is 33.9. The molecule has 292 valence electrons. The van der Waals surface area contributed by atoms with E-state index in [0.717, 1.165) is 79.6 Å². The van der Waals surface area contributed by atoms with E-state index in [1.54, 1.807) is 24.1 Å². The summed E-state index contributed by atoms with van der Waals surface area (Å²) < 4.78 is 35.8. The number of fused-ring (bicyclic) bond motifs is 4. The monoisotopic (exact) mass is 774 g/mol. The molecule has 1 amide bonds. The summed E-state index contributed by atoms with van der Waals surface area (Å²) in [6.45, 7) is 12.3. The second kappa shape index (κ2) is 14.0. The Labute approximate surface area is 329 Å². The van der Waals surface area contributed by atoms with E-state index in [1.807, 2.05) is 18.2 Å². The summed E-state index contributed by atoms with van der Waals surface area (Å²) in [6.07, 6.45) is 6.43. The lowest BCUT2D eigenvalue weighted by atomic mass is 9.65. The fourth-order valence-corrected chi connectivity index (χ4v) is 10.4. The first-order chi connectivity index (χ1) is 26.6. The van der Waals surface area contributed by atoms with E-state index in [2.05, 4.69) is 61.4 Å². The van der Waals surface area contributed by atoms with Crippen LogP contribution in [0.1, 0.15) is 115 Å². The highest BCUT2D eigenvalue weighted by molar-refractivity contribution is 7.85. The molecule has 0 aromatic heterocycles. The smallest absolute Gasteiger partial charge is 0.303 e. The maximum atomic E-state index is 14.3. The summed E-state index contributed by atoms with van der Waals surface area (Å²) in [5.74, 6) is -0.992. The van der Waals surface area contributed by atoms with E-state index >= 15 is 0 Å². The van der Waals surface area contributed by atoms with Gasteiger partial charge in [0.15, 0.2) is 0 Å². The number of hydrogen-bond acceptors (Lipinski definition) is 5. The normalized spacial score (nSPS) is 17.7. The third-order valence-corrected chi connectivity index (χ3v) is 13.7. The van der Waals surface area contributed by atoms with Crippen LogP contribution in [0.2, 0.25) is 0 Å². The van der Waals surface area contributed by atoms with Crippen LogP contribution in [0.3, 0.4) is 0 Å². The van der Waals surface area contributed by atoms with Crippen molar-refractivity contribution in [2.24, 2.45) is 0 Å². The van der Waals surface area contributed by atoms with Crippen molar-refractivity contribution in [1.82, 2.24) is 9.48 Å². The second-order valence-electron chi connectivity index (χ2n) is 17.3. The third-order valence-electron chi connectivity index (χ3n) is 12.8. The summed E-state index contributed by atoms with van der Waals surface area (Å²) in [5.41, 5.74) is 11.9. The van der Waals surface area contributed by atoms with Gasteiger partial charge >= 0.3 is 5.97 Å². The lowest BCUT2D eigenvalue weighted by molar-refractivity contribution is -0.137. The topological polar surface area (TPSA) is 118 Å². The number of rotatable bonds is 9. The first-order valence-corrected chi connectivity index (χ1v) is 21.4. The average Bonchev–Trinajstić information content (AvgIpc) is 3.15. The zero-order chi connectivity index (χ0) is 39.7. The van der Waals surface area contributed by atoms with Crippen molar-refractivity contribution in [2.75, 3.05) is 31.6 Å². The van der Waals surface area contributed by atoms with Crippen molar-refractivity contribution in [2.45, 2.75) is 101 Å². The van der Waals surface area contributed by atoms with Gasteiger partial charge in [0.05, 0.1) is 4.90 Å². The molecule has 3 heterocycles. The van der Waals surface area contributed by atoms with Crippen LogP contribution in [0, 0.1) is 0 Å². The Hall–Kier alpha value is -4.80. The van der Waals surface area contributed by atoms with Crippen LogP contribution in [0.5, 0.6) is 0 Å². The predicted molar refractivity (Wildman–Crippen MR) is 219 cm³/mol. The molecule has 0 atom stereocenters. The minimum atomic E-state index is -4.30. The first kappa shape index (κ1) is 38.1. The molecule has 0 fully saturated rings. The van der Waals surface area contributed by atoms with Crippen LogP contribution in [0.15, 0.2) is 71.6 Å². The van der Waals surface area contributed by atoms with E-state index in [0.29, 0.717) is 25.1 Å². The van der Waals surface area contributed by atoms with Crippen LogP contribution in [0.4, 0.5) is 5.69 Å². The highest BCUT2D eigenvalue weighted by Crippen LogP contribution is 2.48. The Morgan fingerprint density at radius 2 is 1.61 bits per heavy atom. The highest BCUT2D eigenvalue weighted by atomic mass is 32.2. The number of aryl methyl sites for hydroxylation is 2. The van der Waals surface area contributed by atoms with Gasteiger partial charge in [-0.3, -0.25) is 14.1 Å². The summed E-state index contributed by atoms with van der Waals surface area (Å²) in [6, 6.07) is 21.6. The van der Waals surface area contributed by atoms with Crippen molar-refractivity contribution in [1.29, 1.82) is 0 Å². The van der Waals surface area contributed by atoms with Gasteiger partial charge in [0.2, 0.25) is 5.36 Å². The molecule has 0 saturated heterocycles. The molecule has 2 N–H and O–H groups in total. The molecule has 4 aromatic carbocycles. The standard InChI is InChI=1S/C46H51N3O6S/c1-45(2)21-20-30-25-36-38(27-39(30)49(45)28-29-16-18-32(19-17-29)56(53,54)55)46(3,4)42-35-14-9-24-48-23-8-11-31(43(35)48)26-37(42)41(36)33-12-6-7-13-34(33)44(52)47(5)22-10-15-40(50)51/h6-7,12-13,16-19,25-27H,8-11,14-15,20-24,28H2,1-5H3,(H-,50,51,53,54,55)/p+1. The van der Waals surface area contributed by atoms with Crippen LogP contribution in [-0.2, 0) is 46.1 Å². The minimum Gasteiger partial charge on any atom is -0.481 e. The molecule has 0 spiro atoms. The van der Waals surface area contributed by atoms with Gasteiger partial charge in [-0.1, -0.05) is 44.2 Å². The van der Waals surface area contributed by atoms with Crippen LogP contribution < -0.4 is 20.1 Å². The average molecular weight is 775 g/mol. The Balaban J connectivity index is 1.36. The third kappa shape index (κ3) is 6.54. The molecule has 4 aliphatic rings. The summed E-state index contributed by atoms with van der Waals surface area (Å²) in [5, 5.41) is 11.9. The van der Waals surface area contributed by atoms with Crippen molar-refractivity contribution >= 4 is 33.3 Å². The Morgan fingerprint density at radius 3 is 2.32 bits per heavy atom. The molecular weight excluding hydrogens is 723 g/mol. The molecule has 0 unspecified atom stereocenters.